The summed E-state index contributed by atoms with van der Waals surface area (Å²) >= 11 is 0.874. The van der Waals surface area contributed by atoms with Crippen molar-refractivity contribution in [3.63, 3.8) is 0 Å². The van der Waals surface area contributed by atoms with Crippen molar-refractivity contribution < 1.29 is 18.1 Å². The maximum absolute atomic E-state index is 12.2. The molecule has 1 aromatic heterocycles. The van der Waals surface area contributed by atoms with E-state index in [4.69, 9.17) is 4.74 Å². The van der Waals surface area contributed by atoms with Gasteiger partial charge in [0, 0.05) is 25.3 Å². The second-order valence-electron chi connectivity index (χ2n) is 4.65. The summed E-state index contributed by atoms with van der Waals surface area (Å²) in [5.41, 5.74) is -0.212. The first-order chi connectivity index (χ1) is 9.94. The van der Waals surface area contributed by atoms with E-state index in [1.807, 2.05) is 6.92 Å². The van der Waals surface area contributed by atoms with Crippen molar-refractivity contribution in [3.8, 4) is 0 Å². The van der Waals surface area contributed by atoms with Crippen LogP contribution < -0.4 is 10.0 Å². The molecule has 0 spiro atoms. The molecule has 0 bridgehead atoms. The summed E-state index contributed by atoms with van der Waals surface area (Å²) in [6.07, 6.45) is 1.39. The SMILES string of the molecule is CCCNc1sc(S(=O)(=O)NC2CCOC2)cc1[N+](=O)[O-]. The molecule has 1 aliphatic heterocycles. The van der Waals surface area contributed by atoms with Gasteiger partial charge in [-0.15, -0.1) is 0 Å². The Kier molecular flexibility index (Phi) is 5.14. The van der Waals surface area contributed by atoms with Gasteiger partial charge in [0.25, 0.3) is 10.0 Å². The standard InChI is InChI=1S/C11H17N3O5S2/c1-2-4-12-11-9(14(15)16)6-10(20-11)21(17,18)13-8-3-5-19-7-8/h6,8,12-13H,2-5,7H2,1H3. The molecule has 118 valence electrons. The van der Waals surface area contributed by atoms with Crippen LogP contribution in [0.15, 0.2) is 10.3 Å². The quantitative estimate of drug-likeness (QED) is 0.578. The fourth-order valence-corrected chi connectivity index (χ4v) is 4.52. The van der Waals surface area contributed by atoms with E-state index < -0.39 is 14.9 Å². The van der Waals surface area contributed by atoms with E-state index in [1.165, 1.54) is 0 Å². The van der Waals surface area contributed by atoms with Gasteiger partial charge >= 0.3 is 5.69 Å². The molecule has 0 amide bonds. The molecule has 0 radical (unpaired) electrons. The monoisotopic (exact) mass is 335 g/mol. The average molecular weight is 335 g/mol. The van der Waals surface area contributed by atoms with E-state index in [2.05, 4.69) is 10.0 Å². The van der Waals surface area contributed by atoms with Crippen molar-refractivity contribution in [2.75, 3.05) is 25.1 Å². The molecule has 1 saturated heterocycles. The van der Waals surface area contributed by atoms with Gasteiger partial charge in [0.2, 0.25) is 0 Å². The van der Waals surface area contributed by atoms with Gasteiger partial charge in [-0.25, -0.2) is 13.1 Å². The first kappa shape index (κ1) is 16.1. The molecule has 2 N–H and O–H groups in total. The zero-order valence-electron chi connectivity index (χ0n) is 11.5. The molecule has 2 heterocycles. The Morgan fingerprint density at radius 2 is 2.33 bits per heavy atom. The summed E-state index contributed by atoms with van der Waals surface area (Å²) in [6.45, 7) is 3.31. The average Bonchev–Trinajstić information content (AvgIpc) is 3.04. The number of ether oxygens (including phenoxy) is 1. The Morgan fingerprint density at radius 3 is 2.90 bits per heavy atom. The second-order valence-corrected chi connectivity index (χ2v) is 7.64. The molecule has 1 aliphatic rings. The van der Waals surface area contributed by atoms with Gasteiger partial charge in [-0.2, -0.15) is 0 Å². The van der Waals surface area contributed by atoms with E-state index in [1.54, 1.807) is 0 Å². The van der Waals surface area contributed by atoms with Crippen molar-refractivity contribution >= 4 is 32.0 Å². The summed E-state index contributed by atoms with van der Waals surface area (Å²) in [6, 6.07) is 0.823. The highest BCUT2D eigenvalue weighted by Crippen LogP contribution is 2.37. The number of rotatable bonds is 7. The normalized spacial score (nSPS) is 18.8. The van der Waals surface area contributed by atoms with Crippen molar-refractivity contribution in [3.05, 3.63) is 16.2 Å². The number of nitrogens with one attached hydrogen (secondary N) is 2. The Labute approximate surface area is 126 Å². The Morgan fingerprint density at radius 1 is 1.57 bits per heavy atom. The molecule has 1 atom stereocenters. The number of sulfonamides is 1. The van der Waals surface area contributed by atoms with Gasteiger partial charge in [0.1, 0.15) is 4.21 Å². The van der Waals surface area contributed by atoms with Crippen LogP contribution in [-0.2, 0) is 14.8 Å². The first-order valence-corrected chi connectivity index (χ1v) is 8.86. The van der Waals surface area contributed by atoms with Crippen LogP contribution in [0.3, 0.4) is 0 Å². The maximum Gasteiger partial charge on any atom is 0.304 e. The lowest BCUT2D eigenvalue weighted by molar-refractivity contribution is -0.383. The third kappa shape index (κ3) is 3.90. The highest BCUT2D eigenvalue weighted by molar-refractivity contribution is 7.91. The summed E-state index contributed by atoms with van der Waals surface area (Å²) in [5.74, 6) is 0. The van der Waals surface area contributed by atoms with Crippen LogP contribution in [0.1, 0.15) is 19.8 Å². The Balaban J connectivity index is 2.23. The number of hydrogen-bond acceptors (Lipinski definition) is 7. The van der Waals surface area contributed by atoms with Crippen LogP contribution in [0.5, 0.6) is 0 Å². The predicted molar refractivity (Wildman–Crippen MR) is 79.3 cm³/mol. The van der Waals surface area contributed by atoms with Crippen LogP contribution in [0.2, 0.25) is 0 Å². The highest BCUT2D eigenvalue weighted by atomic mass is 32.2. The van der Waals surface area contributed by atoms with Crippen molar-refractivity contribution in [2.24, 2.45) is 0 Å². The van der Waals surface area contributed by atoms with Crippen molar-refractivity contribution in [1.29, 1.82) is 0 Å². The molecule has 0 aliphatic carbocycles. The van der Waals surface area contributed by atoms with Crippen LogP contribution in [0.4, 0.5) is 10.7 Å². The lowest BCUT2D eigenvalue weighted by Crippen LogP contribution is -2.34. The van der Waals surface area contributed by atoms with E-state index in [9.17, 15) is 18.5 Å². The topological polar surface area (TPSA) is 111 Å². The van der Waals surface area contributed by atoms with Crippen LogP contribution in [-0.4, -0.2) is 39.1 Å². The minimum absolute atomic E-state index is 0.0558. The van der Waals surface area contributed by atoms with Crippen LogP contribution in [0.25, 0.3) is 0 Å². The Bertz CT molecular complexity index is 607. The summed E-state index contributed by atoms with van der Waals surface area (Å²) < 4.78 is 32.1. The summed E-state index contributed by atoms with van der Waals surface area (Å²) in [7, 11) is -3.76. The van der Waals surface area contributed by atoms with Crippen molar-refractivity contribution in [1.82, 2.24) is 4.72 Å². The Hall–Kier alpha value is -1.23. The summed E-state index contributed by atoms with van der Waals surface area (Å²) in [4.78, 5) is 10.4. The van der Waals surface area contributed by atoms with Gasteiger partial charge in [0.15, 0.2) is 5.00 Å². The van der Waals surface area contributed by atoms with E-state index in [0.29, 0.717) is 26.2 Å². The number of thiophene rings is 1. The molecule has 2 rings (SSSR count). The van der Waals surface area contributed by atoms with Crippen molar-refractivity contribution in [2.45, 2.75) is 30.0 Å². The fourth-order valence-electron chi connectivity index (χ4n) is 1.90. The van der Waals surface area contributed by atoms with Gasteiger partial charge in [-0.05, 0) is 12.8 Å². The zero-order chi connectivity index (χ0) is 15.5. The van der Waals surface area contributed by atoms with E-state index in [-0.39, 0.29) is 20.9 Å². The predicted octanol–water partition coefficient (Wildman–Crippen LogP) is 1.55. The van der Waals surface area contributed by atoms with Gasteiger partial charge in [0.05, 0.1) is 11.5 Å². The molecule has 8 nitrogen and oxygen atoms in total. The molecule has 1 fully saturated rings. The largest absolute Gasteiger partial charge is 0.380 e. The summed E-state index contributed by atoms with van der Waals surface area (Å²) in [5, 5.41) is 14.2. The molecule has 21 heavy (non-hydrogen) atoms. The van der Waals surface area contributed by atoms with E-state index in [0.717, 1.165) is 23.8 Å². The fraction of sp³-hybridized carbons (Fsp3) is 0.636. The number of anilines is 1. The molecule has 1 unspecified atom stereocenters. The van der Waals surface area contributed by atoms with Gasteiger partial charge in [-0.1, -0.05) is 18.3 Å². The van der Waals surface area contributed by atoms with Crippen LogP contribution >= 0.6 is 11.3 Å². The lowest BCUT2D eigenvalue weighted by Gasteiger charge is -2.09. The van der Waals surface area contributed by atoms with Gasteiger partial charge in [-0.3, -0.25) is 10.1 Å². The third-order valence-electron chi connectivity index (χ3n) is 2.94. The number of hydrogen-bond donors (Lipinski definition) is 2. The molecule has 0 saturated carbocycles. The third-order valence-corrected chi connectivity index (χ3v) is 6.01. The molecule has 1 aromatic rings. The first-order valence-electron chi connectivity index (χ1n) is 6.56. The maximum atomic E-state index is 12.2. The molecule has 0 aromatic carbocycles. The zero-order valence-corrected chi connectivity index (χ0v) is 13.1. The minimum Gasteiger partial charge on any atom is -0.380 e. The van der Waals surface area contributed by atoms with E-state index >= 15 is 0 Å². The molecular weight excluding hydrogens is 318 g/mol. The smallest absolute Gasteiger partial charge is 0.304 e. The highest BCUT2D eigenvalue weighted by Gasteiger charge is 2.29. The van der Waals surface area contributed by atoms with Gasteiger partial charge < -0.3 is 10.1 Å². The second kappa shape index (κ2) is 6.69. The number of nitro groups is 1. The number of nitrogens with zero attached hydrogens (tertiary/aromatic N) is 1. The minimum atomic E-state index is -3.76. The lowest BCUT2D eigenvalue weighted by atomic mass is 10.3. The molecule has 10 heteroatoms. The van der Waals surface area contributed by atoms with Crippen LogP contribution in [0, 0.1) is 10.1 Å². The molecular formula is C11H17N3O5S2.